The highest BCUT2D eigenvalue weighted by Crippen LogP contribution is 2.23. The van der Waals surface area contributed by atoms with Crippen LogP contribution in [0.3, 0.4) is 0 Å². The van der Waals surface area contributed by atoms with Gasteiger partial charge in [0.15, 0.2) is 0 Å². The summed E-state index contributed by atoms with van der Waals surface area (Å²) in [5.41, 5.74) is 1.53. The molecule has 8 heteroatoms. The number of carbonyl (C=O) groups excluding carboxylic acids is 2. The minimum Gasteiger partial charge on any atom is -0.371 e. The number of nitrogens with zero attached hydrogens (tertiary/aromatic N) is 1. The number of benzene rings is 1. The summed E-state index contributed by atoms with van der Waals surface area (Å²) in [6.45, 7) is 3.26. The maximum absolute atomic E-state index is 12.1. The lowest BCUT2D eigenvalue weighted by atomic mass is 10.2. The number of hydrogen-bond donors (Lipinski definition) is 2. The van der Waals surface area contributed by atoms with Crippen molar-refractivity contribution >= 4 is 23.2 Å². The molecule has 1 atom stereocenters. The molecule has 1 fully saturated rings. The van der Waals surface area contributed by atoms with E-state index in [0.29, 0.717) is 5.69 Å². The molecule has 0 spiro atoms. The first-order valence-electron chi connectivity index (χ1n) is 7.76. The van der Waals surface area contributed by atoms with Crippen LogP contribution in [0.5, 0.6) is 0 Å². The Bertz CT molecular complexity index is 598. The Kier molecular flexibility index (Phi) is 5.69. The SMILES string of the molecule is C[C@@H](NC(=O)CC(F)(F)F)C(=O)Nc1cccc(N2CCCC2)c1. The topological polar surface area (TPSA) is 61.4 Å². The number of alkyl halides is 3. The molecule has 0 bridgehead atoms. The molecular formula is C16H20F3N3O2. The van der Waals surface area contributed by atoms with E-state index < -0.39 is 30.5 Å². The molecule has 0 aromatic heterocycles. The highest BCUT2D eigenvalue weighted by atomic mass is 19.4. The normalized spacial score (nSPS) is 15.9. The molecular weight excluding hydrogens is 323 g/mol. The van der Waals surface area contributed by atoms with Gasteiger partial charge >= 0.3 is 6.18 Å². The quantitative estimate of drug-likeness (QED) is 0.864. The van der Waals surface area contributed by atoms with Crippen LogP contribution in [-0.4, -0.2) is 37.1 Å². The minimum absolute atomic E-state index is 0.543. The lowest BCUT2D eigenvalue weighted by Gasteiger charge is -2.19. The molecule has 2 rings (SSSR count). The van der Waals surface area contributed by atoms with Gasteiger partial charge in [0.2, 0.25) is 11.8 Å². The van der Waals surface area contributed by atoms with Gasteiger partial charge in [-0.2, -0.15) is 13.2 Å². The molecule has 2 N–H and O–H groups in total. The molecule has 1 aromatic rings. The van der Waals surface area contributed by atoms with Crippen LogP contribution in [0.4, 0.5) is 24.5 Å². The first kappa shape index (κ1) is 18.1. The summed E-state index contributed by atoms with van der Waals surface area (Å²) >= 11 is 0. The lowest BCUT2D eigenvalue weighted by molar-refractivity contribution is -0.154. The summed E-state index contributed by atoms with van der Waals surface area (Å²) in [6.07, 6.45) is -3.95. The van der Waals surface area contributed by atoms with E-state index in [0.717, 1.165) is 31.6 Å². The second-order valence-electron chi connectivity index (χ2n) is 5.81. The Labute approximate surface area is 138 Å². The van der Waals surface area contributed by atoms with Crippen LogP contribution in [-0.2, 0) is 9.59 Å². The van der Waals surface area contributed by atoms with E-state index in [-0.39, 0.29) is 0 Å². The third kappa shape index (κ3) is 5.43. The molecule has 0 radical (unpaired) electrons. The molecule has 0 unspecified atom stereocenters. The molecule has 132 valence electrons. The van der Waals surface area contributed by atoms with E-state index in [1.165, 1.54) is 6.92 Å². The summed E-state index contributed by atoms with van der Waals surface area (Å²) in [7, 11) is 0. The van der Waals surface area contributed by atoms with Gasteiger partial charge in [-0.05, 0) is 38.0 Å². The molecule has 0 aliphatic carbocycles. The fourth-order valence-corrected chi connectivity index (χ4v) is 2.55. The lowest BCUT2D eigenvalue weighted by Crippen LogP contribution is -2.42. The Hall–Kier alpha value is -2.25. The molecule has 1 aliphatic rings. The predicted octanol–water partition coefficient (Wildman–Crippen LogP) is 2.68. The van der Waals surface area contributed by atoms with E-state index in [1.54, 1.807) is 12.1 Å². The first-order chi connectivity index (χ1) is 11.2. The van der Waals surface area contributed by atoms with Gasteiger partial charge in [0.1, 0.15) is 12.5 Å². The van der Waals surface area contributed by atoms with Crippen molar-refractivity contribution in [1.82, 2.24) is 5.32 Å². The average molecular weight is 343 g/mol. The molecule has 1 aromatic carbocycles. The number of carbonyl (C=O) groups is 2. The van der Waals surface area contributed by atoms with Crippen LogP contribution in [0.1, 0.15) is 26.2 Å². The van der Waals surface area contributed by atoms with E-state index in [4.69, 9.17) is 0 Å². The largest absolute Gasteiger partial charge is 0.397 e. The van der Waals surface area contributed by atoms with Crippen LogP contribution in [0.25, 0.3) is 0 Å². The molecule has 1 heterocycles. The zero-order chi connectivity index (χ0) is 17.7. The van der Waals surface area contributed by atoms with Crippen molar-refractivity contribution in [2.45, 2.75) is 38.4 Å². The highest BCUT2D eigenvalue weighted by molar-refractivity contribution is 5.97. The molecule has 24 heavy (non-hydrogen) atoms. The van der Waals surface area contributed by atoms with Crippen LogP contribution in [0.15, 0.2) is 24.3 Å². The van der Waals surface area contributed by atoms with Crippen LogP contribution < -0.4 is 15.5 Å². The van der Waals surface area contributed by atoms with Gasteiger partial charge in [-0.3, -0.25) is 9.59 Å². The van der Waals surface area contributed by atoms with E-state index in [2.05, 4.69) is 10.2 Å². The maximum atomic E-state index is 12.1. The predicted molar refractivity (Wildman–Crippen MR) is 84.8 cm³/mol. The van der Waals surface area contributed by atoms with Crippen LogP contribution in [0, 0.1) is 0 Å². The van der Waals surface area contributed by atoms with Gasteiger partial charge in [-0.25, -0.2) is 0 Å². The van der Waals surface area contributed by atoms with E-state index >= 15 is 0 Å². The van der Waals surface area contributed by atoms with Crippen molar-refractivity contribution in [1.29, 1.82) is 0 Å². The fourth-order valence-electron chi connectivity index (χ4n) is 2.55. The molecule has 1 saturated heterocycles. The van der Waals surface area contributed by atoms with Crippen molar-refractivity contribution in [2.75, 3.05) is 23.3 Å². The Morgan fingerprint density at radius 2 is 1.92 bits per heavy atom. The average Bonchev–Trinajstić information content (AvgIpc) is 2.99. The number of anilines is 2. The highest BCUT2D eigenvalue weighted by Gasteiger charge is 2.32. The van der Waals surface area contributed by atoms with Gasteiger partial charge in [0.25, 0.3) is 0 Å². The first-order valence-corrected chi connectivity index (χ1v) is 7.76. The Morgan fingerprint density at radius 3 is 2.54 bits per heavy atom. The molecule has 0 saturated carbocycles. The number of halogens is 3. The Morgan fingerprint density at radius 1 is 1.25 bits per heavy atom. The fraction of sp³-hybridized carbons (Fsp3) is 0.500. The third-order valence-electron chi connectivity index (χ3n) is 3.72. The minimum atomic E-state index is -4.59. The van der Waals surface area contributed by atoms with Crippen LogP contribution in [0.2, 0.25) is 0 Å². The van der Waals surface area contributed by atoms with Crippen molar-refractivity contribution in [3.63, 3.8) is 0 Å². The number of nitrogens with one attached hydrogen (secondary N) is 2. The monoisotopic (exact) mass is 343 g/mol. The van der Waals surface area contributed by atoms with Gasteiger partial charge < -0.3 is 15.5 Å². The molecule has 1 aliphatic heterocycles. The summed E-state index contributed by atoms with van der Waals surface area (Å²) in [6, 6.07) is 6.19. The summed E-state index contributed by atoms with van der Waals surface area (Å²) in [5.74, 6) is -1.79. The van der Waals surface area contributed by atoms with Gasteiger partial charge in [0.05, 0.1) is 0 Å². The van der Waals surface area contributed by atoms with E-state index in [1.807, 2.05) is 17.4 Å². The second-order valence-corrected chi connectivity index (χ2v) is 5.81. The molecule has 2 amide bonds. The Balaban J connectivity index is 1.91. The summed E-state index contributed by atoms with van der Waals surface area (Å²) in [5, 5.41) is 4.66. The number of amides is 2. The smallest absolute Gasteiger partial charge is 0.371 e. The zero-order valence-electron chi connectivity index (χ0n) is 13.3. The number of hydrogen-bond acceptors (Lipinski definition) is 3. The van der Waals surface area contributed by atoms with Crippen molar-refractivity contribution < 1.29 is 22.8 Å². The summed E-state index contributed by atoms with van der Waals surface area (Å²) < 4.78 is 36.4. The zero-order valence-corrected chi connectivity index (χ0v) is 13.3. The van der Waals surface area contributed by atoms with Gasteiger partial charge in [0, 0.05) is 24.5 Å². The summed E-state index contributed by atoms with van der Waals surface area (Å²) in [4.78, 5) is 25.5. The second kappa shape index (κ2) is 7.55. The van der Waals surface area contributed by atoms with Gasteiger partial charge in [-0.1, -0.05) is 6.07 Å². The van der Waals surface area contributed by atoms with Crippen molar-refractivity contribution in [3.8, 4) is 0 Å². The van der Waals surface area contributed by atoms with Crippen molar-refractivity contribution in [3.05, 3.63) is 24.3 Å². The molecule has 5 nitrogen and oxygen atoms in total. The standard InChI is InChI=1S/C16H20F3N3O2/c1-11(20-14(23)10-16(17,18)19)15(24)21-12-5-4-6-13(9-12)22-7-2-3-8-22/h4-6,9,11H,2-3,7-8,10H2,1H3,(H,20,23)(H,21,24)/t11-/m1/s1. The number of rotatable bonds is 5. The third-order valence-corrected chi connectivity index (χ3v) is 3.72. The maximum Gasteiger partial charge on any atom is 0.397 e. The van der Waals surface area contributed by atoms with E-state index in [9.17, 15) is 22.8 Å². The van der Waals surface area contributed by atoms with Gasteiger partial charge in [-0.15, -0.1) is 0 Å². The van der Waals surface area contributed by atoms with Crippen molar-refractivity contribution in [2.24, 2.45) is 0 Å². The van der Waals surface area contributed by atoms with Crippen LogP contribution >= 0.6 is 0 Å².